The third-order valence-electron chi connectivity index (χ3n) is 4.79. The maximum atomic E-state index is 14.5. The molecule has 1 atom stereocenters. The van der Waals surface area contributed by atoms with E-state index in [2.05, 4.69) is 10.6 Å². The molecule has 0 spiro atoms. The standard InChI is InChI=1S/C24H29FN2O3/c1-13(2)26-22-8-7-18(12-21(22)25)20-11-14(3)19(9-15(20)4)10-16(5)23(28)27-17(6)24(29)30/h7-13,17,26H,1-6H3,(H,27,28)(H,29,30)/b16-10+/t17-/m1/s1. The van der Waals surface area contributed by atoms with Crippen LogP contribution in [0, 0.1) is 19.7 Å². The Morgan fingerprint density at radius 2 is 1.73 bits per heavy atom. The Hall–Kier alpha value is -3.15. The number of hydrogen-bond donors (Lipinski definition) is 3. The van der Waals surface area contributed by atoms with E-state index in [1.807, 2.05) is 45.9 Å². The van der Waals surface area contributed by atoms with Crippen LogP contribution in [-0.4, -0.2) is 29.1 Å². The number of carbonyl (C=O) groups excluding carboxylic acids is 1. The van der Waals surface area contributed by atoms with Crippen molar-refractivity contribution in [3.63, 3.8) is 0 Å². The van der Waals surface area contributed by atoms with Crippen molar-refractivity contribution in [3.8, 4) is 11.1 Å². The number of hydrogen-bond acceptors (Lipinski definition) is 3. The van der Waals surface area contributed by atoms with E-state index in [1.54, 1.807) is 19.1 Å². The number of carboxylic acid groups (broad SMARTS) is 1. The summed E-state index contributed by atoms with van der Waals surface area (Å²) in [5.41, 5.74) is 5.31. The molecule has 3 N–H and O–H groups in total. The Morgan fingerprint density at radius 3 is 2.30 bits per heavy atom. The first kappa shape index (κ1) is 23.1. The first-order valence-electron chi connectivity index (χ1n) is 9.89. The molecular weight excluding hydrogens is 383 g/mol. The molecule has 0 heterocycles. The van der Waals surface area contributed by atoms with Crippen molar-refractivity contribution in [2.75, 3.05) is 5.32 Å². The number of carbonyl (C=O) groups is 2. The van der Waals surface area contributed by atoms with Crippen molar-refractivity contribution in [1.29, 1.82) is 0 Å². The predicted octanol–water partition coefficient (Wildman–Crippen LogP) is 4.92. The van der Waals surface area contributed by atoms with E-state index in [1.165, 1.54) is 13.0 Å². The van der Waals surface area contributed by atoms with Gasteiger partial charge >= 0.3 is 5.97 Å². The highest BCUT2D eigenvalue weighted by Crippen LogP contribution is 2.30. The zero-order chi connectivity index (χ0) is 22.6. The van der Waals surface area contributed by atoms with Gasteiger partial charge in [0.15, 0.2) is 0 Å². The predicted molar refractivity (Wildman–Crippen MR) is 119 cm³/mol. The Balaban J connectivity index is 2.32. The monoisotopic (exact) mass is 412 g/mol. The molecule has 0 radical (unpaired) electrons. The minimum absolute atomic E-state index is 0.138. The van der Waals surface area contributed by atoms with Gasteiger partial charge in [-0.1, -0.05) is 18.2 Å². The van der Waals surface area contributed by atoms with E-state index in [9.17, 15) is 14.0 Å². The lowest BCUT2D eigenvalue weighted by atomic mass is 9.94. The van der Waals surface area contributed by atoms with E-state index >= 15 is 0 Å². The smallest absolute Gasteiger partial charge is 0.325 e. The van der Waals surface area contributed by atoms with Gasteiger partial charge < -0.3 is 15.7 Å². The number of anilines is 1. The van der Waals surface area contributed by atoms with E-state index in [0.29, 0.717) is 11.3 Å². The van der Waals surface area contributed by atoms with Crippen LogP contribution in [-0.2, 0) is 9.59 Å². The highest BCUT2D eigenvalue weighted by molar-refractivity contribution is 5.99. The first-order chi connectivity index (χ1) is 14.0. The maximum Gasteiger partial charge on any atom is 0.325 e. The highest BCUT2D eigenvalue weighted by atomic mass is 19.1. The summed E-state index contributed by atoms with van der Waals surface area (Å²) in [5, 5.41) is 14.5. The zero-order valence-corrected chi connectivity index (χ0v) is 18.3. The molecule has 2 aromatic rings. The Kier molecular flexibility index (Phi) is 7.38. The molecule has 6 heteroatoms. The summed E-state index contributed by atoms with van der Waals surface area (Å²) < 4.78 is 14.5. The molecule has 0 aliphatic rings. The normalized spacial score (nSPS) is 12.6. The van der Waals surface area contributed by atoms with Crippen LogP contribution in [0.3, 0.4) is 0 Å². The lowest BCUT2D eigenvalue weighted by molar-refractivity contribution is -0.140. The van der Waals surface area contributed by atoms with Crippen molar-refractivity contribution in [2.45, 2.75) is 53.6 Å². The molecule has 1 amide bonds. The summed E-state index contributed by atoms with van der Waals surface area (Å²) in [6.07, 6.45) is 1.73. The molecule has 0 fully saturated rings. The molecule has 0 aliphatic heterocycles. The third kappa shape index (κ3) is 5.69. The number of amides is 1. The minimum Gasteiger partial charge on any atom is -0.480 e. The SMILES string of the molecule is C/C(=C\c1cc(C)c(-c2ccc(NC(C)C)c(F)c2)cc1C)C(=O)N[C@H](C)C(=O)O. The van der Waals surface area contributed by atoms with Gasteiger partial charge in [-0.3, -0.25) is 9.59 Å². The second-order valence-corrected chi connectivity index (χ2v) is 7.88. The van der Waals surface area contributed by atoms with Crippen molar-refractivity contribution < 1.29 is 19.1 Å². The maximum absolute atomic E-state index is 14.5. The van der Waals surface area contributed by atoms with Gasteiger partial charge in [-0.2, -0.15) is 0 Å². The van der Waals surface area contributed by atoms with Gasteiger partial charge in [0, 0.05) is 11.6 Å². The second kappa shape index (κ2) is 9.57. The summed E-state index contributed by atoms with van der Waals surface area (Å²) in [6, 6.07) is 8.24. The largest absolute Gasteiger partial charge is 0.480 e. The summed E-state index contributed by atoms with van der Waals surface area (Å²) in [7, 11) is 0. The fraction of sp³-hybridized carbons (Fsp3) is 0.333. The number of carboxylic acids is 1. The summed E-state index contributed by atoms with van der Waals surface area (Å²) in [4.78, 5) is 23.1. The van der Waals surface area contributed by atoms with E-state index in [-0.39, 0.29) is 11.9 Å². The average molecular weight is 413 g/mol. The van der Waals surface area contributed by atoms with Crippen molar-refractivity contribution >= 4 is 23.6 Å². The number of benzene rings is 2. The first-order valence-corrected chi connectivity index (χ1v) is 9.89. The molecule has 0 saturated heterocycles. The summed E-state index contributed by atoms with van der Waals surface area (Å²) in [5.74, 6) is -1.82. The van der Waals surface area contributed by atoms with Gasteiger partial charge in [0.05, 0.1) is 5.69 Å². The fourth-order valence-corrected chi connectivity index (χ4v) is 3.09. The van der Waals surface area contributed by atoms with Crippen molar-refractivity contribution in [3.05, 3.63) is 58.4 Å². The highest BCUT2D eigenvalue weighted by Gasteiger charge is 2.15. The van der Waals surface area contributed by atoms with Gasteiger partial charge in [0.25, 0.3) is 0 Å². The topological polar surface area (TPSA) is 78.4 Å². The van der Waals surface area contributed by atoms with Crippen molar-refractivity contribution in [2.24, 2.45) is 0 Å². The molecule has 0 saturated carbocycles. The zero-order valence-electron chi connectivity index (χ0n) is 18.3. The summed E-state index contributed by atoms with van der Waals surface area (Å²) in [6.45, 7) is 10.8. The van der Waals surface area contributed by atoms with Gasteiger partial charge in [-0.05, 0) is 87.6 Å². The van der Waals surface area contributed by atoms with Gasteiger partial charge in [0.1, 0.15) is 11.9 Å². The van der Waals surface area contributed by atoms with Gasteiger partial charge in [-0.25, -0.2) is 4.39 Å². The molecule has 2 rings (SSSR count). The third-order valence-corrected chi connectivity index (χ3v) is 4.79. The minimum atomic E-state index is -1.09. The van der Waals surface area contributed by atoms with Gasteiger partial charge in [-0.15, -0.1) is 0 Å². The molecule has 2 aromatic carbocycles. The molecule has 0 aliphatic carbocycles. The molecule has 30 heavy (non-hydrogen) atoms. The number of aliphatic carboxylic acids is 1. The average Bonchev–Trinajstić information content (AvgIpc) is 2.65. The van der Waals surface area contributed by atoms with Crippen LogP contribution in [0.5, 0.6) is 0 Å². The lowest BCUT2D eigenvalue weighted by Gasteiger charge is -2.15. The molecule has 5 nitrogen and oxygen atoms in total. The van der Waals surface area contributed by atoms with Crippen LogP contribution in [0.2, 0.25) is 0 Å². The van der Waals surface area contributed by atoms with Gasteiger partial charge in [0.2, 0.25) is 5.91 Å². The quantitative estimate of drug-likeness (QED) is 0.564. The van der Waals surface area contributed by atoms with Crippen LogP contribution in [0.4, 0.5) is 10.1 Å². The van der Waals surface area contributed by atoms with Crippen molar-refractivity contribution in [1.82, 2.24) is 5.32 Å². The second-order valence-electron chi connectivity index (χ2n) is 7.88. The number of aryl methyl sites for hydroxylation is 2. The van der Waals surface area contributed by atoms with Crippen LogP contribution in [0.25, 0.3) is 17.2 Å². The molecule has 0 unspecified atom stereocenters. The van der Waals surface area contributed by atoms with Crippen LogP contribution < -0.4 is 10.6 Å². The van der Waals surface area contributed by atoms with Crippen LogP contribution >= 0.6 is 0 Å². The molecular formula is C24H29FN2O3. The fourth-order valence-electron chi connectivity index (χ4n) is 3.09. The van der Waals surface area contributed by atoms with E-state index in [0.717, 1.165) is 27.8 Å². The molecule has 160 valence electrons. The summed E-state index contributed by atoms with van der Waals surface area (Å²) >= 11 is 0. The molecule has 0 aromatic heterocycles. The Bertz CT molecular complexity index is 996. The number of rotatable bonds is 7. The Morgan fingerprint density at radius 1 is 1.07 bits per heavy atom. The van der Waals surface area contributed by atoms with E-state index in [4.69, 9.17) is 5.11 Å². The number of nitrogens with one attached hydrogen (secondary N) is 2. The Labute approximate surface area is 177 Å². The van der Waals surface area contributed by atoms with Crippen LogP contribution in [0.1, 0.15) is 44.4 Å². The molecule has 0 bridgehead atoms. The van der Waals surface area contributed by atoms with Crippen LogP contribution in [0.15, 0.2) is 35.9 Å². The van der Waals surface area contributed by atoms with E-state index < -0.39 is 17.9 Å². The number of halogens is 1. The lowest BCUT2D eigenvalue weighted by Crippen LogP contribution is -2.38.